The Labute approximate surface area is 115 Å². The summed E-state index contributed by atoms with van der Waals surface area (Å²) in [7, 11) is 0. The molecule has 0 aliphatic heterocycles. The molecular formula is C13H14ClFN2S. The molecule has 1 atom stereocenters. The van der Waals surface area contributed by atoms with Crippen LogP contribution in [0.15, 0.2) is 18.2 Å². The Balaban J connectivity index is 2.16. The Bertz CT molecular complexity index is 549. The normalized spacial score (nSPS) is 12.7. The number of aromatic nitrogens is 1. The lowest BCUT2D eigenvalue weighted by Gasteiger charge is -2.10. The third-order valence-electron chi connectivity index (χ3n) is 2.84. The van der Waals surface area contributed by atoms with Gasteiger partial charge in [-0.15, -0.1) is 11.3 Å². The minimum atomic E-state index is -0.423. The summed E-state index contributed by atoms with van der Waals surface area (Å²) in [6.07, 6.45) is 0.640. The number of nitrogens with two attached hydrogens (primary N) is 1. The van der Waals surface area contributed by atoms with Crippen molar-refractivity contribution in [3.8, 4) is 0 Å². The van der Waals surface area contributed by atoms with Crippen LogP contribution in [0.3, 0.4) is 0 Å². The maximum absolute atomic E-state index is 13.1. The van der Waals surface area contributed by atoms with Crippen molar-refractivity contribution in [1.82, 2.24) is 4.98 Å². The van der Waals surface area contributed by atoms with E-state index in [1.165, 1.54) is 10.9 Å². The lowest BCUT2D eigenvalue weighted by molar-refractivity contribution is 0.625. The molecule has 1 aromatic heterocycles. The first kappa shape index (κ1) is 13.5. The number of halogens is 2. The lowest BCUT2D eigenvalue weighted by atomic mass is 10.1. The highest BCUT2D eigenvalue weighted by molar-refractivity contribution is 7.11. The Morgan fingerprint density at radius 1 is 1.44 bits per heavy atom. The molecule has 1 heterocycles. The molecule has 2 N–H and O–H groups in total. The Morgan fingerprint density at radius 3 is 2.72 bits per heavy atom. The number of thiazole rings is 1. The summed E-state index contributed by atoms with van der Waals surface area (Å²) < 4.78 is 13.1. The molecule has 5 heteroatoms. The van der Waals surface area contributed by atoms with Crippen LogP contribution in [0.1, 0.15) is 27.2 Å². The Hall–Kier alpha value is -0.970. The van der Waals surface area contributed by atoms with E-state index in [0.29, 0.717) is 6.42 Å². The van der Waals surface area contributed by atoms with E-state index >= 15 is 0 Å². The predicted octanol–water partition coefficient (Wildman–Crippen LogP) is 3.79. The van der Waals surface area contributed by atoms with E-state index in [0.717, 1.165) is 16.3 Å². The van der Waals surface area contributed by atoms with Crippen LogP contribution >= 0.6 is 22.9 Å². The van der Waals surface area contributed by atoms with Gasteiger partial charge in [-0.3, -0.25) is 0 Å². The molecule has 1 unspecified atom stereocenters. The fourth-order valence-electron chi connectivity index (χ4n) is 1.68. The van der Waals surface area contributed by atoms with Gasteiger partial charge < -0.3 is 5.73 Å². The largest absolute Gasteiger partial charge is 0.324 e. The van der Waals surface area contributed by atoms with Gasteiger partial charge in [0, 0.05) is 17.3 Å². The zero-order valence-electron chi connectivity index (χ0n) is 10.2. The van der Waals surface area contributed by atoms with Crippen LogP contribution in [0.5, 0.6) is 0 Å². The Kier molecular flexibility index (Phi) is 4.00. The molecule has 2 aromatic rings. The molecule has 18 heavy (non-hydrogen) atoms. The molecule has 0 aliphatic rings. The summed E-state index contributed by atoms with van der Waals surface area (Å²) in [5.41, 5.74) is 7.96. The van der Waals surface area contributed by atoms with Crippen molar-refractivity contribution >= 4 is 22.9 Å². The van der Waals surface area contributed by atoms with E-state index in [2.05, 4.69) is 4.98 Å². The van der Waals surface area contributed by atoms with Crippen LogP contribution in [0, 0.1) is 19.7 Å². The molecule has 1 aromatic carbocycles. The fraction of sp³-hybridized carbons (Fsp3) is 0.308. The van der Waals surface area contributed by atoms with Gasteiger partial charge in [-0.05, 0) is 31.5 Å². The van der Waals surface area contributed by atoms with Crippen molar-refractivity contribution < 1.29 is 4.39 Å². The molecule has 2 rings (SSSR count). The monoisotopic (exact) mass is 284 g/mol. The second-order valence-corrected chi connectivity index (χ2v) is 5.93. The highest BCUT2D eigenvalue weighted by Gasteiger charge is 2.12. The molecular weight excluding hydrogens is 271 g/mol. The molecule has 0 saturated carbocycles. The zero-order valence-corrected chi connectivity index (χ0v) is 11.8. The topological polar surface area (TPSA) is 38.9 Å². The average Bonchev–Trinajstić information content (AvgIpc) is 2.61. The van der Waals surface area contributed by atoms with Crippen molar-refractivity contribution in [3.63, 3.8) is 0 Å². The van der Waals surface area contributed by atoms with Crippen LogP contribution in [0.4, 0.5) is 4.39 Å². The standard InChI is InChI=1S/C13H14ClFN2S/c1-7-8(2)18-13(17-7)6-12(16)9-3-4-11(15)10(14)5-9/h3-5,12H,6,16H2,1-2H3. The summed E-state index contributed by atoms with van der Waals surface area (Å²) in [6.45, 7) is 4.02. The lowest BCUT2D eigenvalue weighted by Crippen LogP contribution is -2.13. The fourth-order valence-corrected chi connectivity index (χ4v) is 2.86. The summed E-state index contributed by atoms with van der Waals surface area (Å²) in [5, 5.41) is 1.10. The first-order chi connectivity index (χ1) is 8.47. The molecule has 0 saturated heterocycles. The van der Waals surface area contributed by atoms with Crippen molar-refractivity contribution in [3.05, 3.63) is 50.2 Å². The van der Waals surface area contributed by atoms with Gasteiger partial charge in [0.15, 0.2) is 0 Å². The molecule has 0 fully saturated rings. The van der Waals surface area contributed by atoms with Crippen LogP contribution in [-0.2, 0) is 6.42 Å². The average molecular weight is 285 g/mol. The summed E-state index contributed by atoms with van der Waals surface area (Å²) in [6, 6.07) is 4.37. The summed E-state index contributed by atoms with van der Waals surface area (Å²) in [4.78, 5) is 5.65. The van der Waals surface area contributed by atoms with Gasteiger partial charge in [-0.2, -0.15) is 0 Å². The van der Waals surface area contributed by atoms with Gasteiger partial charge in [-0.25, -0.2) is 9.37 Å². The third-order valence-corrected chi connectivity index (χ3v) is 4.22. The van der Waals surface area contributed by atoms with Crippen LogP contribution in [-0.4, -0.2) is 4.98 Å². The molecule has 0 amide bonds. The first-order valence-corrected chi connectivity index (χ1v) is 6.80. The van der Waals surface area contributed by atoms with E-state index in [9.17, 15) is 4.39 Å². The highest BCUT2D eigenvalue weighted by Crippen LogP contribution is 2.24. The van der Waals surface area contributed by atoms with Gasteiger partial charge in [0.05, 0.1) is 15.7 Å². The van der Waals surface area contributed by atoms with Gasteiger partial charge in [-0.1, -0.05) is 17.7 Å². The van der Waals surface area contributed by atoms with Crippen LogP contribution in [0.2, 0.25) is 5.02 Å². The zero-order chi connectivity index (χ0) is 13.3. The van der Waals surface area contributed by atoms with Crippen molar-refractivity contribution in [2.24, 2.45) is 5.73 Å². The number of hydrogen-bond acceptors (Lipinski definition) is 3. The van der Waals surface area contributed by atoms with Gasteiger partial charge in [0.2, 0.25) is 0 Å². The van der Waals surface area contributed by atoms with Crippen LogP contribution < -0.4 is 5.73 Å². The maximum atomic E-state index is 13.1. The molecule has 0 spiro atoms. The smallest absolute Gasteiger partial charge is 0.141 e. The molecule has 0 aliphatic carbocycles. The van der Waals surface area contributed by atoms with Gasteiger partial charge in [0.1, 0.15) is 5.82 Å². The van der Waals surface area contributed by atoms with Crippen LogP contribution in [0.25, 0.3) is 0 Å². The number of aryl methyl sites for hydroxylation is 2. The molecule has 2 nitrogen and oxygen atoms in total. The summed E-state index contributed by atoms with van der Waals surface area (Å²) in [5.74, 6) is -0.423. The maximum Gasteiger partial charge on any atom is 0.141 e. The van der Waals surface area contributed by atoms with E-state index in [1.807, 2.05) is 13.8 Å². The second kappa shape index (κ2) is 5.34. The molecule has 0 bridgehead atoms. The minimum Gasteiger partial charge on any atom is -0.324 e. The second-order valence-electron chi connectivity index (χ2n) is 4.23. The van der Waals surface area contributed by atoms with Gasteiger partial charge >= 0.3 is 0 Å². The quantitative estimate of drug-likeness (QED) is 0.931. The number of benzene rings is 1. The minimum absolute atomic E-state index is 0.106. The number of hydrogen-bond donors (Lipinski definition) is 1. The number of nitrogens with zero attached hydrogens (tertiary/aromatic N) is 1. The van der Waals surface area contributed by atoms with Crippen molar-refractivity contribution in [2.45, 2.75) is 26.3 Å². The molecule has 96 valence electrons. The number of rotatable bonds is 3. The van der Waals surface area contributed by atoms with Crippen molar-refractivity contribution in [1.29, 1.82) is 0 Å². The van der Waals surface area contributed by atoms with Crippen molar-refractivity contribution in [2.75, 3.05) is 0 Å². The highest BCUT2D eigenvalue weighted by atomic mass is 35.5. The third kappa shape index (κ3) is 2.88. The van der Waals surface area contributed by atoms with Gasteiger partial charge in [0.25, 0.3) is 0 Å². The van der Waals surface area contributed by atoms with E-state index in [-0.39, 0.29) is 11.1 Å². The first-order valence-electron chi connectivity index (χ1n) is 5.61. The van der Waals surface area contributed by atoms with E-state index in [1.54, 1.807) is 23.5 Å². The summed E-state index contributed by atoms with van der Waals surface area (Å²) >= 11 is 7.39. The van der Waals surface area contributed by atoms with E-state index < -0.39 is 5.82 Å². The van der Waals surface area contributed by atoms with E-state index in [4.69, 9.17) is 17.3 Å². The molecule has 0 radical (unpaired) electrons. The Morgan fingerprint density at radius 2 is 2.17 bits per heavy atom. The SMILES string of the molecule is Cc1nc(CC(N)c2ccc(F)c(Cl)c2)sc1C. The predicted molar refractivity (Wildman–Crippen MR) is 73.6 cm³/mol.